The van der Waals surface area contributed by atoms with E-state index in [9.17, 15) is 9.59 Å². The molecule has 0 N–H and O–H groups in total. The zero-order valence-electron chi connectivity index (χ0n) is 15.5. The second kappa shape index (κ2) is 7.56. The molecule has 0 spiro atoms. The first kappa shape index (κ1) is 19.2. The minimum Gasteiger partial charge on any atom is -0.496 e. The first-order chi connectivity index (χ1) is 12.8. The van der Waals surface area contributed by atoms with Crippen molar-refractivity contribution in [3.8, 4) is 17.2 Å². The van der Waals surface area contributed by atoms with Gasteiger partial charge in [-0.1, -0.05) is 29.8 Å². The van der Waals surface area contributed by atoms with Crippen LogP contribution in [0.5, 0.6) is 17.2 Å². The number of hydrogen-bond acceptors (Lipinski definition) is 5. The summed E-state index contributed by atoms with van der Waals surface area (Å²) in [5, 5.41) is 0. The SMILES string of the molecule is COc1ccc(Br)cc1/C=C1\Oc2c(ccc(OC(=O)C(C)C)c2C)C1=O. The number of ketones is 1. The quantitative estimate of drug-likeness (QED) is 0.390. The lowest BCUT2D eigenvalue weighted by atomic mass is 10.1. The predicted molar refractivity (Wildman–Crippen MR) is 105 cm³/mol. The summed E-state index contributed by atoms with van der Waals surface area (Å²) in [6, 6.07) is 8.74. The van der Waals surface area contributed by atoms with Crippen LogP contribution in [0.15, 0.2) is 40.6 Å². The molecular weight excluding hydrogens is 412 g/mol. The molecule has 1 aliphatic rings. The second-order valence-corrected chi connectivity index (χ2v) is 7.38. The number of Topliss-reactive ketones (excluding diaryl/α,β-unsaturated/α-hetero) is 1. The molecule has 27 heavy (non-hydrogen) atoms. The Balaban J connectivity index is 1.97. The van der Waals surface area contributed by atoms with Crippen molar-refractivity contribution in [2.24, 2.45) is 5.92 Å². The average molecular weight is 431 g/mol. The normalized spacial score (nSPS) is 14.3. The zero-order valence-corrected chi connectivity index (χ0v) is 17.0. The van der Waals surface area contributed by atoms with Crippen molar-refractivity contribution in [3.05, 3.63) is 57.3 Å². The molecule has 0 radical (unpaired) electrons. The number of halogens is 1. The van der Waals surface area contributed by atoms with Crippen molar-refractivity contribution < 1.29 is 23.8 Å². The van der Waals surface area contributed by atoms with Crippen molar-refractivity contribution in [3.63, 3.8) is 0 Å². The highest BCUT2D eigenvalue weighted by Gasteiger charge is 2.31. The molecule has 5 nitrogen and oxygen atoms in total. The summed E-state index contributed by atoms with van der Waals surface area (Å²) in [6.07, 6.45) is 1.64. The molecular formula is C21H19BrO5. The molecule has 1 heterocycles. The third-order valence-electron chi connectivity index (χ3n) is 4.20. The van der Waals surface area contributed by atoms with Gasteiger partial charge in [0.15, 0.2) is 5.76 Å². The minimum absolute atomic E-state index is 0.192. The first-order valence-corrected chi connectivity index (χ1v) is 9.24. The van der Waals surface area contributed by atoms with Crippen LogP contribution in [0, 0.1) is 12.8 Å². The van der Waals surface area contributed by atoms with Crippen LogP contribution < -0.4 is 14.2 Å². The van der Waals surface area contributed by atoms with Gasteiger partial charge in [0.05, 0.1) is 18.6 Å². The molecule has 0 saturated carbocycles. The number of allylic oxidation sites excluding steroid dienone is 1. The lowest BCUT2D eigenvalue weighted by Gasteiger charge is -2.11. The second-order valence-electron chi connectivity index (χ2n) is 6.47. The maximum Gasteiger partial charge on any atom is 0.313 e. The van der Waals surface area contributed by atoms with Gasteiger partial charge in [-0.2, -0.15) is 0 Å². The Bertz CT molecular complexity index is 959. The van der Waals surface area contributed by atoms with Gasteiger partial charge in [0.1, 0.15) is 17.2 Å². The average Bonchev–Trinajstić information content (AvgIpc) is 2.94. The highest BCUT2D eigenvalue weighted by atomic mass is 79.9. The van der Waals surface area contributed by atoms with Crippen molar-refractivity contribution in [1.29, 1.82) is 0 Å². The fraction of sp³-hybridized carbons (Fsp3) is 0.238. The Hall–Kier alpha value is -2.60. The van der Waals surface area contributed by atoms with E-state index in [1.165, 1.54) is 0 Å². The Morgan fingerprint density at radius 2 is 1.89 bits per heavy atom. The number of esters is 1. The summed E-state index contributed by atoms with van der Waals surface area (Å²) in [4.78, 5) is 24.6. The van der Waals surface area contributed by atoms with E-state index in [4.69, 9.17) is 14.2 Å². The smallest absolute Gasteiger partial charge is 0.313 e. The highest BCUT2D eigenvalue weighted by Crippen LogP contribution is 2.40. The molecule has 0 aliphatic carbocycles. The van der Waals surface area contributed by atoms with Crippen molar-refractivity contribution in [2.45, 2.75) is 20.8 Å². The lowest BCUT2D eigenvalue weighted by Crippen LogP contribution is -2.15. The number of benzene rings is 2. The van der Waals surface area contributed by atoms with E-state index in [0.29, 0.717) is 33.9 Å². The van der Waals surface area contributed by atoms with Crippen molar-refractivity contribution in [1.82, 2.24) is 0 Å². The number of carbonyl (C=O) groups is 2. The Morgan fingerprint density at radius 1 is 1.19 bits per heavy atom. The van der Waals surface area contributed by atoms with E-state index in [1.807, 2.05) is 12.1 Å². The fourth-order valence-corrected chi connectivity index (χ4v) is 3.04. The molecule has 0 aromatic heterocycles. The molecule has 0 fully saturated rings. The monoisotopic (exact) mass is 430 g/mol. The molecule has 6 heteroatoms. The number of rotatable bonds is 4. The standard InChI is InChI=1S/C21H19BrO5/c1-11(2)21(24)27-16-8-6-15-19(23)18(26-20(15)12(16)3)10-13-9-14(22)5-7-17(13)25-4/h5-11H,1-4H3/b18-10-. The Morgan fingerprint density at radius 3 is 2.56 bits per heavy atom. The summed E-state index contributed by atoms with van der Waals surface area (Å²) >= 11 is 3.41. The van der Waals surface area contributed by atoms with Crippen LogP contribution >= 0.6 is 15.9 Å². The highest BCUT2D eigenvalue weighted by molar-refractivity contribution is 9.10. The maximum absolute atomic E-state index is 12.7. The van der Waals surface area contributed by atoms with E-state index in [0.717, 1.165) is 4.47 Å². The van der Waals surface area contributed by atoms with E-state index in [2.05, 4.69) is 15.9 Å². The van der Waals surface area contributed by atoms with Crippen molar-refractivity contribution >= 4 is 33.8 Å². The number of ether oxygens (including phenoxy) is 3. The molecule has 0 bridgehead atoms. The molecule has 0 saturated heterocycles. The largest absolute Gasteiger partial charge is 0.496 e. The van der Waals surface area contributed by atoms with Crippen LogP contribution in [0.3, 0.4) is 0 Å². The van der Waals surface area contributed by atoms with Crippen LogP contribution in [0.25, 0.3) is 6.08 Å². The summed E-state index contributed by atoms with van der Waals surface area (Å²) in [5.41, 5.74) is 1.77. The summed E-state index contributed by atoms with van der Waals surface area (Å²) in [5.74, 6) is 0.808. The number of hydrogen-bond donors (Lipinski definition) is 0. The fourth-order valence-electron chi connectivity index (χ4n) is 2.66. The minimum atomic E-state index is -0.336. The van der Waals surface area contributed by atoms with Gasteiger partial charge >= 0.3 is 5.97 Å². The third-order valence-corrected chi connectivity index (χ3v) is 4.69. The molecule has 140 valence electrons. The van der Waals surface area contributed by atoms with Crippen LogP contribution in [-0.4, -0.2) is 18.9 Å². The molecule has 0 unspecified atom stereocenters. The van der Waals surface area contributed by atoms with Crippen LogP contribution in [0.2, 0.25) is 0 Å². The van der Waals surface area contributed by atoms with Gasteiger partial charge in [-0.15, -0.1) is 0 Å². The number of methoxy groups -OCH3 is 1. The van der Waals surface area contributed by atoms with Crippen LogP contribution in [-0.2, 0) is 4.79 Å². The van der Waals surface area contributed by atoms with Crippen LogP contribution in [0.4, 0.5) is 0 Å². The van der Waals surface area contributed by atoms with E-state index in [-0.39, 0.29) is 23.4 Å². The number of carbonyl (C=O) groups excluding carboxylic acids is 2. The lowest BCUT2D eigenvalue weighted by molar-refractivity contribution is -0.137. The topological polar surface area (TPSA) is 61.8 Å². The van der Waals surface area contributed by atoms with E-state index < -0.39 is 0 Å². The zero-order chi connectivity index (χ0) is 19.7. The summed E-state index contributed by atoms with van der Waals surface area (Å²) in [6.45, 7) is 5.28. The number of fused-ring (bicyclic) bond motifs is 1. The van der Waals surface area contributed by atoms with Gasteiger partial charge in [-0.05, 0) is 43.3 Å². The van der Waals surface area contributed by atoms with Gasteiger partial charge in [-0.25, -0.2) is 0 Å². The summed E-state index contributed by atoms with van der Waals surface area (Å²) in [7, 11) is 1.57. The van der Waals surface area contributed by atoms with Gasteiger partial charge in [0, 0.05) is 15.6 Å². The molecule has 1 aliphatic heterocycles. The third kappa shape index (κ3) is 3.76. The summed E-state index contributed by atoms with van der Waals surface area (Å²) < 4.78 is 17.4. The first-order valence-electron chi connectivity index (χ1n) is 8.45. The Labute approximate surface area is 166 Å². The molecule has 0 amide bonds. The van der Waals surface area contributed by atoms with Gasteiger partial charge in [0.25, 0.3) is 0 Å². The van der Waals surface area contributed by atoms with E-state index in [1.54, 1.807) is 52.2 Å². The van der Waals surface area contributed by atoms with Crippen LogP contribution in [0.1, 0.15) is 35.3 Å². The van der Waals surface area contributed by atoms with Gasteiger partial charge in [0.2, 0.25) is 5.78 Å². The predicted octanol–water partition coefficient (Wildman–Crippen LogP) is 4.94. The molecule has 2 aromatic rings. The Kier molecular flexibility index (Phi) is 5.37. The van der Waals surface area contributed by atoms with Gasteiger partial charge in [-0.3, -0.25) is 9.59 Å². The van der Waals surface area contributed by atoms with Crippen molar-refractivity contribution in [2.75, 3.05) is 7.11 Å². The molecule has 3 rings (SSSR count). The van der Waals surface area contributed by atoms with Gasteiger partial charge < -0.3 is 14.2 Å². The maximum atomic E-state index is 12.7. The molecule has 2 aromatic carbocycles. The molecule has 0 atom stereocenters. The van der Waals surface area contributed by atoms with E-state index >= 15 is 0 Å².